The van der Waals surface area contributed by atoms with Gasteiger partial charge in [-0.2, -0.15) is 0 Å². The van der Waals surface area contributed by atoms with E-state index < -0.39 is 0 Å². The zero-order valence-corrected chi connectivity index (χ0v) is 17.7. The molecule has 0 fully saturated rings. The molecule has 1 amide bonds. The molecule has 28 heavy (non-hydrogen) atoms. The highest BCUT2D eigenvalue weighted by Crippen LogP contribution is 2.38. The van der Waals surface area contributed by atoms with Crippen molar-refractivity contribution in [3.63, 3.8) is 0 Å². The molecule has 0 bridgehead atoms. The van der Waals surface area contributed by atoms with Crippen molar-refractivity contribution >= 4 is 45.2 Å². The molecule has 2 aromatic carbocycles. The molecule has 6 nitrogen and oxygen atoms in total. The van der Waals surface area contributed by atoms with Crippen molar-refractivity contribution in [2.24, 2.45) is 0 Å². The molecule has 8 heteroatoms. The van der Waals surface area contributed by atoms with Gasteiger partial charge in [0.05, 0.1) is 24.4 Å². The van der Waals surface area contributed by atoms with E-state index in [1.54, 1.807) is 30.3 Å². The summed E-state index contributed by atoms with van der Waals surface area (Å²) in [5, 5.41) is 3.22. The van der Waals surface area contributed by atoms with Gasteiger partial charge in [0.25, 0.3) is 0 Å². The SMILES string of the molecule is CCOc1c(Cl)cc(/C=C/C(=O)Nc2cc3c(cc2Br)OCCO3)cc1OC. The first-order valence-corrected chi connectivity index (χ1v) is 9.77. The Morgan fingerprint density at radius 3 is 2.64 bits per heavy atom. The number of hydrogen-bond acceptors (Lipinski definition) is 5. The van der Waals surface area contributed by atoms with Crippen molar-refractivity contribution in [2.45, 2.75) is 6.92 Å². The maximum Gasteiger partial charge on any atom is 0.248 e. The molecule has 1 heterocycles. The molecule has 1 N–H and O–H groups in total. The molecule has 0 saturated heterocycles. The van der Waals surface area contributed by atoms with Crippen LogP contribution in [0.15, 0.2) is 34.8 Å². The van der Waals surface area contributed by atoms with E-state index in [9.17, 15) is 4.79 Å². The number of fused-ring (bicyclic) bond motifs is 1. The van der Waals surface area contributed by atoms with Crippen LogP contribution in [-0.4, -0.2) is 32.8 Å². The summed E-state index contributed by atoms with van der Waals surface area (Å²) < 4.78 is 22.6. The molecule has 0 aliphatic carbocycles. The van der Waals surface area contributed by atoms with Gasteiger partial charge in [0.15, 0.2) is 23.0 Å². The molecule has 3 rings (SSSR count). The second kappa shape index (κ2) is 9.21. The number of anilines is 1. The quantitative estimate of drug-likeness (QED) is 0.609. The van der Waals surface area contributed by atoms with Crippen LogP contribution in [0.1, 0.15) is 12.5 Å². The summed E-state index contributed by atoms with van der Waals surface area (Å²) in [4.78, 5) is 12.3. The summed E-state index contributed by atoms with van der Waals surface area (Å²) in [5.74, 6) is 1.92. The van der Waals surface area contributed by atoms with Crippen molar-refractivity contribution in [3.05, 3.63) is 45.4 Å². The number of amides is 1. The number of carbonyl (C=O) groups is 1. The number of methoxy groups -OCH3 is 1. The molecule has 0 aromatic heterocycles. The molecule has 0 saturated carbocycles. The maximum atomic E-state index is 12.3. The van der Waals surface area contributed by atoms with Crippen molar-refractivity contribution in [1.82, 2.24) is 0 Å². The molecule has 0 radical (unpaired) electrons. The second-order valence-electron chi connectivity index (χ2n) is 5.77. The average Bonchev–Trinajstić information content (AvgIpc) is 2.68. The van der Waals surface area contributed by atoms with Crippen LogP contribution in [0.2, 0.25) is 5.02 Å². The van der Waals surface area contributed by atoms with E-state index in [1.165, 1.54) is 13.2 Å². The normalized spacial score (nSPS) is 12.7. The summed E-state index contributed by atoms with van der Waals surface area (Å²) in [6.45, 7) is 3.31. The highest BCUT2D eigenvalue weighted by molar-refractivity contribution is 9.10. The number of halogens is 2. The minimum absolute atomic E-state index is 0.304. The van der Waals surface area contributed by atoms with Gasteiger partial charge < -0.3 is 24.3 Å². The first kappa shape index (κ1) is 20.4. The van der Waals surface area contributed by atoms with Crippen LogP contribution < -0.4 is 24.3 Å². The lowest BCUT2D eigenvalue weighted by Crippen LogP contribution is -2.16. The zero-order chi connectivity index (χ0) is 20.1. The molecule has 0 atom stereocenters. The third-order valence-electron chi connectivity index (χ3n) is 3.86. The molecule has 0 unspecified atom stereocenters. The van der Waals surface area contributed by atoms with Gasteiger partial charge in [-0.1, -0.05) is 11.6 Å². The topological polar surface area (TPSA) is 66.0 Å². The van der Waals surface area contributed by atoms with Gasteiger partial charge in [0.2, 0.25) is 5.91 Å². The van der Waals surface area contributed by atoms with E-state index in [0.717, 1.165) is 0 Å². The number of rotatable bonds is 6. The lowest BCUT2D eigenvalue weighted by Gasteiger charge is -2.19. The fourth-order valence-corrected chi connectivity index (χ4v) is 3.32. The smallest absolute Gasteiger partial charge is 0.248 e. The molecular weight excluding hydrogens is 450 g/mol. The van der Waals surface area contributed by atoms with Crippen molar-refractivity contribution in [1.29, 1.82) is 0 Å². The van der Waals surface area contributed by atoms with Crippen LogP contribution in [0.3, 0.4) is 0 Å². The molecule has 148 valence electrons. The van der Waals surface area contributed by atoms with Gasteiger partial charge in [-0.3, -0.25) is 4.79 Å². The largest absolute Gasteiger partial charge is 0.493 e. The van der Waals surface area contributed by atoms with Crippen LogP contribution in [0.25, 0.3) is 6.08 Å². The lowest BCUT2D eigenvalue weighted by atomic mass is 10.2. The predicted molar refractivity (Wildman–Crippen MR) is 112 cm³/mol. The summed E-state index contributed by atoms with van der Waals surface area (Å²) >= 11 is 9.68. The highest BCUT2D eigenvalue weighted by Gasteiger charge is 2.16. The Labute approximate surface area is 176 Å². The Balaban J connectivity index is 1.75. The number of hydrogen-bond donors (Lipinski definition) is 1. The Morgan fingerprint density at radius 1 is 1.25 bits per heavy atom. The molecule has 1 aliphatic rings. The van der Waals surface area contributed by atoms with Crippen molar-refractivity contribution in [2.75, 3.05) is 32.2 Å². The van der Waals surface area contributed by atoms with E-state index in [0.29, 0.717) is 63.6 Å². The van der Waals surface area contributed by atoms with E-state index >= 15 is 0 Å². The van der Waals surface area contributed by atoms with Crippen LogP contribution in [0.4, 0.5) is 5.69 Å². The Morgan fingerprint density at radius 2 is 1.96 bits per heavy atom. The van der Waals surface area contributed by atoms with Crippen LogP contribution in [0, 0.1) is 0 Å². The monoisotopic (exact) mass is 467 g/mol. The third kappa shape index (κ3) is 4.72. The number of benzene rings is 2. The maximum absolute atomic E-state index is 12.3. The van der Waals surface area contributed by atoms with E-state index in [2.05, 4.69) is 21.2 Å². The molecule has 0 spiro atoms. The van der Waals surface area contributed by atoms with Crippen LogP contribution >= 0.6 is 27.5 Å². The molecule has 1 aliphatic heterocycles. The van der Waals surface area contributed by atoms with Gasteiger partial charge in [-0.05, 0) is 46.6 Å². The Bertz CT molecular complexity index is 916. The third-order valence-corrected chi connectivity index (χ3v) is 4.79. The van der Waals surface area contributed by atoms with Crippen molar-refractivity contribution in [3.8, 4) is 23.0 Å². The van der Waals surface area contributed by atoms with Gasteiger partial charge in [0, 0.05) is 22.7 Å². The highest BCUT2D eigenvalue weighted by atomic mass is 79.9. The number of ether oxygens (including phenoxy) is 4. The minimum atomic E-state index is -0.304. The summed E-state index contributed by atoms with van der Waals surface area (Å²) in [6.07, 6.45) is 3.06. The van der Waals surface area contributed by atoms with Crippen LogP contribution in [-0.2, 0) is 4.79 Å². The van der Waals surface area contributed by atoms with Gasteiger partial charge in [-0.15, -0.1) is 0 Å². The fourth-order valence-electron chi connectivity index (χ4n) is 2.63. The van der Waals surface area contributed by atoms with Crippen molar-refractivity contribution < 1.29 is 23.7 Å². The average molecular weight is 469 g/mol. The fraction of sp³-hybridized carbons (Fsp3) is 0.250. The predicted octanol–water partition coefficient (Wildman–Crippen LogP) is 4.93. The molecule has 2 aromatic rings. The van der Waals surface area contributed by atoms with Crippen LogP contribution in [0.5, 0.6) is 23.0 Å². The van der Waals surface area contributed by atoms with E-state index in [1.807, 2.05) is 6.92 Å². The van der Waals surface area contributed by atoms with Gasteiger partial charge in [-0.25, -0.2) is 0 Å². The summed E-state index contributed by atoms with van der Waals surface area (Å²) in [7, 11) is 1.54. The number of nitrogens with one attached hydrogen (secondary N) is 1. The Kier molecular flexibility index (Phi) is 6.70. The first-order chi connectivity index (χ1) is 13.5. The minimum Gasteiger partial charge on any atom is -0.493 e. The summed E-state index contributed by atoms with van der Waals surface area (Å²) in [5.41, 5.74) is 1.29. The standard InChI is InChI=1S/C20H19BrClNO5/c1-3-26-20-14(22)8-12(9-18(20)25-2)4-5-19(24)23-15-11-17-16(10-13(15)21)27-6-7-28-17/h4-5,8-11H,3,6-7H2,1-2H3,(H,23,24)/b5-4+. The Hall–Kier alpha value is -2.38. The first-order valence-electron chi connectivity index (χ1n) is 8.60. The van der Waals surface area contributed by atoms with Gasteiger partial charge in [0.1, 0.15) is 13.2 Å². The number of carbonyl (C=O) groups excluding carboxylic acids is 1. The van der Waals surface area contributed by atoms with Gasteiger partial charge >= 0.3 is 0 Å². The summed E-state index contributed by atoms with van der Waals surface area (Å²) in [6, 6.07) is 6.95. The van der Waals surface area contributed by atoms with E-state index in [4.69, 9.17) is 30.5 Å². The molecular formula is C20H19BrClNO5. The lowest BCUT2D eigenvalue weighted by molar-refractivity contribution is -0.111. The van der Waals surface area contributed by atoms with E-state index in [-0.39, 0.29) is 5.91 Å². The second-order valence-corrected chi connectivity index (χ2v) is 7.03. The zero-order valence-electron chi connectivity index (χ0n) is 15.4.